The van der Waals surface area contributed by atoms with Crippen LogP contribution in [0.25, 0.3) is 0 Å². The smallest absolute Gasteiger partial charge is 0.229 e. The number of halogens is 1. The highest BCUT2D eigenvalue weighted by Gasteiger charge is 2.17. The molecule has 0 saturated heterocycles. The zero-order valence-corrected chi connectivity index (χ0v) is 21.4. The molecule has 33 heavy (non-hydrogen) atoms. The quantitative estimate of drug-likeness (QED) is 0.436. The first kappa shape index (κ1) is 23.3. The van der Waals surface area contributed by atoms with E-state index in [-0.39, 0.29) is 5.56 Å². The number of benzene rings is 1. The highest BCUT2D eigenvalue weighted by Crippen LogP contribution is 2.29. The van der Waals surface area contributed by atoms with Crippen LogP contribution in [0.5, 0.6) is 0 Å². The minimum atomic E-state index is -2.34. The number of nitrogens with one attached hydrogen (secondary N) is 2. The van der Waals surface area contributed by atoms with E-state index in [9.17, 15) is 9.47 Å². The monoisotopic (exact) mass is 574 g/mol. The second kappa shape index (κ2) is 9.58. The van der Waals surface area contributed by atoms with Gasteiger partial charge in [-0.05, 0) is 71.5 Å². The Morgan fingerprint density at radius 3 is 2.82 bits per heavy atom. The molecule has 0 unspecified atom stereocenters. The van der Waals surface area contributed by atoms with Crippen LogP contribution in [0, 0.1) is 14.9 Å². The van der Waals surface area contributed by atoms with Crippen LogP contribution in [0.3, 0.4) is 0 Å². The fourth-order valence-corrected chi connectivity index (χ4v) is 5.00. The number of hydrogen-bond acceptors (Lipinski definition) is 9. The third kappa shape index (κ3) is 5.95. The highest BCUT2D eigenvalue weighted by atomic mass is 127. The minimum absolute atomic E-state index is 0.279. The number of fused-ring (bicyclic) bond motifs is 1. The molecule has 3 aromatic rings. The number of likely N-dealkylation sites (N-methyl/N-ethyl adjacent to an activating group) is 1. The summed E-state index contributed by atoms with van der Waals surface area (Å²) in [4.78, 5) is 15.4. The molecule has 0 bridgehead atoms. The van der Waals surface area contributed by atoms with Gasteiger partial charge in [0, 0.05) is 44.6 Å². The Hall–Kier alpha value is -2.82. The summed E-state index contributed by atoms with van der Waals surface area (Å²) >= 11 is 2.37. The number of hydrogen-bond donors (Lipinski definition) is 2. The minimum Gasteiger partial charge on any atom is -0.324 e. The van der Waals surface area contributed by atoms with Crippen LogP contribution < -0.4 is 10.6 Å². The van der Waals surface area contributed by atoms with Crippen molar-refractivity contribution in [1.29, 1.82) is 5.26 Å². The van der Waals surface area contributed by atoms with Crippen LogP contribution in [0.1, 0.15) is 16.7 Å². The first-order chi connectivity index (χ1) is 15.7. The molecule has 0 aliphatic carbocycles. The maximum Gasteiger partial charge on any atom is 0.229 e. The van der Waals surface area contributed by atoms with E-state index in [0.29, 0.717) is 23.4 Å². The van der Waals surface area contributed by atoms with Gasteiger partial charge >= 0.3 is 0 Å². The second-order valence-corrected chi connectivity index (χ2v) is 11.8. The van der Waals surface area contributed by atoms with Gasteiger partial charge in [0.05, 0.1) is 6.20 Å². The lowest BCUT2D eigenvalue weighted by Crippen LogP contribution is -2.27. The molecule has 2 N–H and O–H groups in total. The lowest BCUT2D eigenvalue weighted by Gasteiger charge is -2.26. The molecule has 0 saturated carbocycles. The second-order valence-electron chi connectivity index (χ2n) is 8.05. The van der Waals surface area contributed by atoms with Crippen molar-refractivity contribution in [2.75, 3.05) is 36.7 Å². The van der Waals surface area contributed by atoms with Crippen molar-refractivity contribution < 1.29 is 4.21 Å². The van der Waals surface area contributed by atoms with Gasteiger partial charge in [-0.1, -0.05) is 6.07 Å². The maximum atomic E-state index is 12.0. The van der Waals surface area contributed by atoms with Crippen molar-refractivity contribution in [3.8, 4) is 6.07 Å². The summed E-state index contributed by atoms with van der Waals surface area (Å²) in [6.45, 7) is 1.95. The summed E-state index contributed by atoms with van der Waals surface area (Å²) in [6.07, 6.45) is 5.60. The maximum absolute atomic E-state index is 12.0. The van der Waals surface area contributed by atoms with E-state index in [2.05, 4.69) is 82.7 Å². The first-order valence-corrected chi connectivity index (χ1v) is 13.6. The lowest BCUT2D eigenvalue weighted by molar-refractivity contribution is 0.312. The van der Waals surface area contributed by atoms with Crippen molar-refractivity contribution in [3.05, 3.63) is 56.8 Å². The van der Waals surface area contributed by atoms with Gasteiger partial charge in [0.1, 0.15) is 17.5 Å². The fraction of sp³-hybridized carbons (Fsp3) is 0.273. The average molecular weight is 574 g/mol. The molecule has 3 heterocycles. The third-order valence-electron chi connectivity index (χ3n) is 4.93. The number of anilines is 4. The zero-order valence-electron chi connectivity index (χ0n) is 18.5. The summed E-state index contributed by atoms with van der Waals surface area (Å²) in [5, 5.41) is 15.8. The summed E-state index contributed by atoms with van der Waals surface area (Å²) in [5.74, 6) is 1.46. The molecule has 9 nitrogen and oxygen atoms in total. The summed E-state index contributed by atoms with van der Waals surface area (Å²) in [6, 6.07) is 11.5. The van der Waals surface area contributed by atoms with Gasteiger partial charge in [0.15, 0.2) is 11.6 Å². The Morgan fingerprint density at radius 2 is 2.06 bits per heavy atom. The lowest BCUT2D eigenvalue weighted by atomic mass is 9.99. The number of nitriles is 1. The molecule has 2 aromatic heterocycles. The van der Waals surface area contributed by atoms with Gasteiger partial charge in [-0.3, -0.25) is 0 Å². The Bertz CT molecular complexity index is 1370. The van der Waals surface area contributed by atoms with Gasteiger partial charge in [-0.15, -0.1) is 0 Å². The summed E-state index contributed by atoms with van der Waals surface area (Å²) in [5.41, 5.74) is 3.85. The Kier molecular flexibility index (Phi) is 6.78. The van der Waals surface area contributed by atoms with Gasteiger partial charge in [-0.2, -0.15) is 14.6 Å². The predicted molar refractivity (Wildman–Crippen MR) is 139 cm³/mol. The van der Waals surface area contributed by atoms with Crippen molar-refractivity contribution in [2.45, 2.75) is 13.0 Å². The van der Waals surface area contributed by atoms with Crippen molar-refractivity contribution in [2.24, 2.45) is 4.36 Å². The van der Waals surface area contributed by atoms with Crippen LogP contribution in [-0.2, 0) is 22.7 Å². The van der Waals surface area contributed by atoms with Crippen LogP contribution in [-0.4, -0.2) is 50.2 Å². The number of aromatic nitrogens is 3. The van der Waals surface area contributed by atoms with Crippen molar-refractivity contribution in [3.63, 3.8) is 0 Å². The molecule has 1 aromatic carbocycles. The Morgan fingerprint density at radius 1 is 1.24 bits per heavy atom. The van der Waals surface area contributed by atoms with E-state index in [0.717, 1.165) is 25.2 Å². The molecule has 1 aliphatic heterocycles. The molecule has 0 fully saturated rings. The van der Waals surface area contributed by atoms with Crippen LogP contribution in [0.4, 0.5) is 29.1 Å². The van der Waals surface area contributed by atoms with E-state index in [4.69, 9.17) is 0 Å². The molecule has 0 atom stereocenters. The van der Waals surface area contributed by atoms with E-state index >= 15 is 0 Å². The van der Waals surface area contributed by atoms with E-state index < -0.39 is 9.73 Å². The molecule has 0 spiro atoms. The van der Waals surface area contributed by atoms with Gasteiger partial charge in [0.2, 0.25) is 5.95 Å². The number of pyridine rings is 1. The van der Waals surface area contributed by atoms with Crippen LogP contribution in [0.15, 0.2) is 40.9 Å². The zero-order chi connectivity index (χ0) is 23.6. The van der Waals surface area contributed by atoms with E-state index in [1.807, 2.05) is 0 Å². The van der Waals surface area contributed by atoms with Crippen molar-refractivity contribution in [1.82, 2.24) is 19.9 Å². The normalized spacial score (nSPS) is 13.7. The highest BCUT2D eigenvalue weighted by molar-refractivity contribution is 14.1. The summed E-state index contributed by atoms with van der Waals surface area (Å²) in [7, 11) is -0.223. The Labute approximate surface area is 207 Å². The molecular weight excluding hydrogens is 551 g/mol. The largest absolute Gasteiger partial charge is 0.324 e. The molecule has 0 amide bonds. The van der Waals surface area contributed by atoms with Gasteiger partial charge < -0.3 is 15.5 Å². The number of rotatable bonds is 5. The molecular formula is C22H23IN8OS. The van der Waals surface area contributed by atoms with Crippen LogP contribution >= 0.6 is 22.6 Å². The summed E-state index contributed by atoms with van der Waals surface area (Å²) < 4.78 is 17.3. The van der Waals surface area contributed by atoms with Crippen LogP contribution in [0.2, 0.25) is 0 Å². The molecule has 11 heteroatoms. The molecule has 0 radical (unpaired) electrons. The molecule has 170 valence electrons. The standard InChI is InChI=1S/C22H23IN8OS/c1-31-8-7-17-14(13-31)9-16(10-18(17)23)26-22-25-12-15(11-24)21(29-22)28-19-5-4-6-20(27-19)30-33(2,3)32/h4-6,9-10,12H,7-8,13H2,1-3H3,(H2,25,26,27,28,29). The predicted octanol–water partition coefficient (Wildman–Crippen LogP) is 4.18. The Balaban J connectivity index is 1.62. The average Bonchev–Trinajstić information content (AvgIpc) is 2.73. The van der Waals surface area contributed by atoms with E-state index in [1.165, 1.54) is 20.9 Å². The van der Waals surface area contributed by atoms with Gasteiger partial charge in [0.25, 0.3) is 0 Å². The first-order valence-electron chi connectivity index (χ1n) is 10.2. The molecule has 4 rings (SSSR count). The number of nitrogens with zero attached hydrogens (tertiary/aromatic N) is 6. The topological polar surface area (TPSA) is 119 Å². The molecule has 1 aliphatic rings. The van der Waals surface area contributed by atoms with Gasteiger partial charge in [-0.25, -0.2) is 14.2 Å². The third-order valence-corrected chi connectivity index (χ3v) is 6.52. The SMILES string of the molecule is CN1CCc2c(I)cc(Nc3ncc(C#N)c(Nc4cccc(N=S(C)(C)=O)n4)n3)cc2C1. The van der Waals surface area contributed by atoms with E-state index in [1.54, 1.807) is 30.7 Å². The van der Waals surface area contributed by atoms with Crippen molar-refractivity contribution >= 4 is 61.4 Å². The fourth-order valence-electron chi connectivity index (χ4n) is 3.50.